The van der Waals surface area contributed by atoms with E-state index in [-0.39, 0.29) is 0 Å². The van der Waals surface area contributed by atoms with Crippen LogP contribution >= 0.6 is 0 Å². The number of fused-ring (bicyclic) bond motifs is 1. The molecule has 1 unspecified atom stereocenters. The van der Waals surface area contributed by atoms with Crippen molar-refractivity contribution in [1.29, 1.82) is 0 Å². The number of hydrogen-bond donors (Lipinski definition) is 0. The van der Waals surface area contributed by atoms with E-state index >= 15 is 0 Å². The van der Waals surface area contributed by atoms with Crippen LogP contribution < -0.4 is 0 Å². The van der Waals surface area contributed by atoms with Crippen LogP contribution in [0.25, 0.3) is 11.2 Å². The molecule has 0 saturated carbocycles. The summed E-state index contributed by atoms with van der Waals surface area (Å²) in [7, 11) is 2.21. The van der Waals surface area contributed by atoms with E-state index in [2.05, 4.69) is 27.6 Å². The van der Waals surface area contributed by atoms with Crippen molar-refractivity contribution in [2.75, 3.05) is 33.4 Å². The predicted octanol–water partition coefficient (Wildman–Crippen LogP) is 2.28. The SMILES string of the molecule is CN1CCC(Cc2nc3cccnc3n2C2CCOCC2)C1. The first-order valence-corrected chi connectivity index (χ1v) is 8.39. The van der Waals surface area contributed by atoms with Gasteiger partial charge < -0.3 is 14.2 Å². The summed E-state index contributed by atoms with van der Waals surface area (Å²) in [6.45, 7) is 4.09. The van der Waals surface area contributed by atoms with Crippen LogP contribution in [0.15, 0.2) is 18.3 Å². The fourth-order valence-electron chi connectivity index (χ4n) is 3.90. The van der Waals surface area contributed by atoms with E-state index in [1.807, 2.05) is 12.3 Å². The lowest BCUT2D eigenvalue weighted by atomic mass is 10.0. The minimum Gasteiger partial charge on any atom is -0.381 e. The van der Waals surface area contributed by atoms with Gasteiger partial charge in [0.25, 0.3) is 0 Å². The van der Waals surface area contributed by atoms with Gasteiger partial charge in [0.2, 0.25) is 0 Å². The van der Waals surface area contributed by atoms with Crippen molar-refractivity contribution in [3.05, 3.63) is 24.2 Å². The predicted molar refractivity (Wildman–Crippen MR) is 85.9 cm³/mol. The largest absolute Gasteiger partial charge is 0.381 e. The van der Waals surface area contributed by atoms with Gasteiger partial charge in [0, 0.05) is 38.4 Å². The van der Waals surface area contributed by atoms with Gasteiger partial charge in [0.05, 0.1) is 0 Å². The Labute approximate surface area is 131 Å². The highest BCUT2D eigenvalue weighted by Crippen LogP contribution is 2.29. The summed E-state index contributed by atoms with van der Waals surface area (Å²) in [5.74, 6) is 1.95. The Bertz CT molecular complexity index is 647. The van der Waals surface area contributed by atoms with Gasteiger partial charge in [-0.25, -0.2) is 9.97 Å². The first-order valence-electron chi connectivity index (χ1n) is 8.39. The molecule has 1 atom stereocenters. The van der Waals surface area contributed by atoms with Crippen LogP contribution in [0.4, 0.5) is 0 Å². The third-order valence-corrected chi connectivity index (χ3v) is 5.04. The molecule has 2 aromatic heterocycles. The van der Waals surface area contributed by atoms with Crippen molar-refractivity contribution < 1.29 is 4.74 Å². The van der Waals surface area contributed by atoms with Gasteiger partial charge in [-0.1, -0.05) is 0 Å². The van der Waals surface area contributed by atoms with Gasteiger partial charge in [0.15, 0.2) is 5.65 Å². The fraction of sp³-hybridized carbons (Fsp3) is 0.647. The highest BCUT2D eigenvalue weighted by Gasteiger charge is 2.26. The van der Waals surface area contributed by atoms with Crippen LogP contribution in [0.5, 0.6) is 0 Å². The monoisotopic (exact) mass is 300 g/mol. The van der Waals surface area contributed by atoms with Crippen molar-refractivity contribution in [2.24, 2.45) is 5.92 Å². The summed E-state index contributed by atoms with van der Waals surface area (Å²) >= 11 is 0. The van der Waals surface area contributed by atoms with E-state index in [1.54, 1.807) is 0 Å². The van der Waals surface area contributed by atoms with Crippen LogP contribution in [-0.2, 0) is 11.2 Å². The first kappa shape index (κ1) is 14.2. The zero-order valence-electron chi connectivity index (χ0n) is 13.2. The molecule has 2 aromatic rings. The van der Waals surface area contributed by atoms with E-state index in [0.29, 0.717) is 6.04 Å². The van der Waals surface area contributed by atoms with Crippen LogP contribution in [0.3, 0.4) is 0 Å². The number of pyridine rings is 1. The number of likely N-dealkylation sites (tertiary alicyclic amines) is 1. The van der Waals surface area contributed by atoms with Crippen LogP contribution in [0.2, 0.25) is 0 Å². The molecule has 22 heavy (non-hydrogen) atoms. The lowest BCUT2D eigenvalue weighted by molar-refractivity contribution is 0.0696. The lowest BCUT2D eigenvalue weighted by Crippen LogP contribution is -2.23. The number of nitrogens with zero attached hydrogens (tertiary/aromatic N) is 4. The Morgan fingerprint density at radius 1 is 1.27 bits per heavy atom. The average molecular weight is 300 g/mol. The van der Waals surface area contributed by atoms with E-state index < -0.39 is 0 Å². The van der Waals surface area contributed by atoms with Gasteiger partial charge in [-0.05, 0) is 50.9 Å². The molecule has 0 radical (unpaired) electrons. The van der Waals surface area contributed by atoms with Crippen LogP contribution in [0, 0.1) is 5.92 Å². The third kappa shape index (κ3) is 2.63. The van der Waals surface area contributed by atoms with Gasteiger partial charge in [-0.3, -0.25) is 0 Å². The topological polar surface area (TPSA) is 43.2 Å². The summed E-state index contributed by atoms with van der Waals surface area (Å²) in [6.07, 6.45) is 6.37. The second kappa shape index (κ2) is 5.97. The van der Waals surface area contributed by atoms with Gasteiger partial charge >= 0.3 is 0 Å². The molecule has 118 valence electrons. The normalized spacial score (nSPS) is 24.3. The number of imidazole rings is 1. The molecule has 2 fully saturated rings. The van der Waals surface area contributed by atoms with Crippen molar-refractivity contribution in [3.8, 4) is 0 Å². The Morgan fingerprint density at radius 2 is 2.14 bits per heavy atom. The minimum atomic E-state index is 0.489. The number of rotatable bonds is 3. The summed E-state index contributed by atoms with van der Waals surface area (Å²) in [4.78, 5) is 12.0. The molecule has 0 spiro atoms. The van der Waals surface area contributed by atoms with Crippen molar-refractivity contribution in [2.45, 2.75) is 31.7 Å². The first-order chi connectivity index (χ1) is 10.8. The molecule has 4 rings (SSSR count). The summed E-state index contributed by atoms with van der Waals surface area (Å²) < 4.78 is 7.95. The Morgan fingerprint density at radius 3 is 2.91 bits per heavy atom. The molecule has 0 aromatic carbocycles. The smallest absolute Gasteiger partial charge is 0.160 e. The molecule has 0 bridgehead atoms. The number of aromatic nitrogens is 3. The maximum absolute atomic E-state index is 5.54. The third-order valence-electron chi connectivity index (χ3n) is 5.04. The molecule has 2 aliphatic heterocycles. The zero-order valence-corrected chi connectivity index (χ0v) is 13.2. The van der Waals surface area contributed by atoms with E-state index in [9.17, 15) is 0 Å². The standard InChI is InChI=1S/C17H24N4O/c1-20-8-4-13(12-20)11-16-19-15-3-2-7-18-17(15)21(16)14-5-9-22-10-6-14/h2-3,7,13-14H,4-6,8-12H2,1H3. The Kier molecular flexibility index (Phi) is 3.84. The van der Waals surface area contributed by atoms with E-state index in [0.717, 1.165) is 49.6 Å². The summed E-state index contributed by atoms with van der Waals surface area (Å²) in [6, 6.07) is 4.56. The maximum atomic E-state index is 5.54. The lowest BCUT2D eigenvalue weighted by Gasteiger charge is -2.26. The molecule has 0 aliphatic carbocycles. The zero-order chi connectivity index (χ0) is 14.9. The van der Waals surface area contributed by atoms with Crippen molar-refractivity contribution in [1.82, 2.24) is 19.4 Å². The maximum Gasteiger partial charge on any atom is 0.160 e. The molecule has 5 heteroatoms. The summed E-state index contributed by atoms with van der Waals surface area (Å²) in [5, 5.41) is 0. The Balaban J connectivity index is 1.69. The van der Waals surface area contributed by atoms with Gasteiger partial charge in [0.1, 0.15) is 11.3 Å². The molecule has 2 aliphatic rings. The number of ether oxygens (including phenoxy) is 1. The molecular formula is C17H24N4O. The average Bonchev–Trinajstić information content (AvgIpc) is 3.11. The van der Waals surface area contributed by atoms with Crippen molar-refractivity contribution in [3.63, 3.8) is 0 Å². The van der Waals surface area contributed by atoms with E-state index in [1.165, 1.54) is 25.3 Å². The molecule has 5 nitrogen and oxygen atoms in total. The molecule has 0 amide bonds. The Hall–Kier alpha value is -1.46. The van der Waals surface area contributed by atoms with Gasteiger partial charge in [-0.2, -0.15) is 0 Å². The quantitative estimate of drug-likeness (QED) is 0.872. The number of hydrogen-bond acceptors (Lipinski definition) is 4. The van der Waals surface area contributed by atoms with Crippen molar-refractivity contribution >= 4 is 11.2 Å². The van der Waals surface area contributed by atoms with E-state index in [4.69, 9.17) is 9.72 Å². The van der Waals surface area contributed by atoms with Crippen LogP contribution in [-0.4, -0.2) is 52.8 Å². The second-order valence-electron chi connectivity index (χ2n) is 6.71. The molecular weight excluding hydrogens is 276 g/mol. The molecule has 0 N–H and O–H groups in total. The van der Waals surface area contributed by atoms with Crippen LogP contribution in [0.1, 0.15) is 31.1 Å². The molecule has 4 heterocycles. The highest BCUT2D eigenvalue weighted by molar-refractivity contribution is 5.71. The minimum absolute atomic E-state index is 0.489. The summed E-state index contributed by atoms with van der Waals surface area (Å²) in [5.41, 5.74) is 2.09. The highest BCUT2D eigenvalue weighted by atomic mass is 16.5. The second-order valence-corrected chi connectivity index (χ2v) is 6.71. The fourth-order valence-corrected chi connectivity index (χ4v) is 3.90. The molecule has 2 saturated heterocycles. The van der Waals surface area contributed by atoms with Gasteiger partial charge in [-0.15, -0.1) is 0 Å².